The number of cyclic esters (lactones) is 1. The van der Waals surface area contributed by atoms with Gasteiger partial charge in [-0.05, 0) is 35.7 Å². The first kappa shape index (κ1) is 23.3. The van der Waals surface area contributed by atoms with Crippen LogP contribution in [0.2, 0.25) is 0 Å². The molecular formula is C28H28N2O5S. The van der Waals surface area contributed by atoms with Gasteiger partial charge in [0.1, 0.15) is 6.04 Å². The number of nitrogens with zero attached hydrogens (tertiary/aromatic N) is 2. The number of aliphatic hydroxyl groups excluding tert-OH is 1. The molecule has 0 radical (unpaired) electrons. The van der Waals surface area contributed by atoms with Crippen LogP contribution in [0.4, 0.5) is 5.69 Å². The molecule has 1 spiro atoms. The number of likely N-dealkylation sites (tertiary alicyclic amines) is 1. The Morgan fingerprint density at radius 3 is 2.72 bits per heavy atom. The molecule has 2 aromatic rings. The fourth-order valence-corrected chi connectivity index (χ4v) is 8.18. The van der Waals surface area contributed by atoms with Crippen molar-refractivity contribution in [1.82, 2.24) is 4.90 Å². The molecular weight excluding hydrogens is 476 g/mol. The van der Waals surface area contributed by atoms with Crippen LogP contribution in [-0.2, 0) is 19.1 Å². The number of rotatable bonds is 3. The number of carbonyl (C=O) groups is 3. The Kier molecular flexibility index (Phi) is 5.88. The second kappa shape index (κ2) is 9.09. The van der Waals surface area contributed by atoms with E-state index in [-0.39, 0.29) is 36.2 Å². The van der Waals surface area contributed by atoms with Crippen LogP contribution in [-0.4, -0.2) is 70.1 Å². The molecule has 4 aliphatic heterocycles. The smallest absolute Gasteiger partial charge is 0.311 e. The fraction of sp³-hybridized carbons (Fsp3) is 0.393. The summed E-state index contributed by atoms with van der Waals surface area (Å²) < 4.78 is 4.65. The maximum Gasteiger partial charge on any atom is 0.311 e. The van der Waals surface area contributed by atoms with Gasteiger partial charge in [0.05, 0.1) is 29.8 Å². The van der Waals surface area contributed by atoms with Gasteiger partial charge in [0.15, 0.2) is 0 Å². The molecule has 6 rings (SSSR count). The predicted octanol–water partition coefficient (Wildman–Crippen LogP) is 2.93. The van der Waals surface area contributed by atoms with Crippen molar-refractivity contribution in [3.8, 4) is 0 Å². The molecule has 5 atom stereocenters. The van der Waals surface area contributed by atoms with Crippen molar-refractivity contribution in [1.29, 1.82) is 0 Å². The van der Waals surface area contributed by atoms with Crippen LogP contribution < -0.4 is 4.90 Å². The van der Waals surface area contributed by atoms with Crippen LogP contribution in [0.3, 0.4) is 0 Å². The lowest BCUT2D eigenvalue weighted by molar-refractivity contribution is -0.153. The number of thioether (sulfide) groups is 1. The Bertz CT molecular complexity index is 1290. The van der Waals surface area contributed by atoms with E-state index in [2.05, 4.69) is 6.08 Å². The standard InChI is InChI=1S/C28H28N2O5S/c31-15-14-30-24-26(33)29(20-11-10-18-7-3-4-8-19(18)17-20)13-6-12-28(24)23(25(30)32)22-21(36-28)9-2-1-5-16-35-27(22)34/h2-4,6-12,17,21-24,31H,1,5,13-16H2/b9-2-/t21-,22+,23-,24?,28-/m0/s1. The maximum atomic E-state index is 14.3. The minimum Gasteiger partial charge on any atom is -0.465 e. The number of carbonyl (C=O) groups excluding carboxylic acids is 3. The van der Waals surface area contributed by atoms with Gasteiger partial charge in [0.25, 0.3) is 5.91 Å². The molecule has 1 N–H and O–H groups in total. The third-order valence-corrected chi connectivity index (χ3v) is 9.48. The molecule has 8 heteroatoms. The van der Waals surface area contributed by atoms with Crippen LogP contribution in [0.1, 0.15) is 12.8 Å². The summed E-state index contributed by atoms with van der Waals surface area (Å²) in [5.74, 6) is -2.24. The lowest BCUT2D eigenvalue weighted by Crippen LogP contribution is -2.53. The number of anilines is 1. The van der Waals surface area contributed by atoms with Crippen molar-refractivity contribution in [2.45, 2.75) is 28.9 Å². The van der Waals surface area contributed by atoms with Gasteiger partial charge in [-0.15, -0.1) is 11.8 Å². The maximum absolute atomic E-state index is 14.3. The van der Waals surface area contributed by atoms with Crippen LogP contribution in [0.25, 0.3) is 10.8 Å². The first-order chi connectivity index (χ1) is 17.5. The van der Waals surface area contributed by atoms with Crippen molar-refractivity contribution in [3.05, 3.63) is 66.8 Å². The molecule has 7 nitrogen and oxygen atoms in total. The number of aliphatic hydroxyl groups is 1. The normalized spacial score (nSPS) is 32.8. The van der Waals surface area contributed by atoms with Gasteiger partial charge in [-0.2, -0.15) is 0 Å². The average Bonchev–Trinajstić information content (AvgIpc) is 3.29. The summed E-state index contributed by atoms with van der Waals surface area (Å²) in [7, 11) is 0. The number of amides is 2. The third kappa shape index (κ3) is 3.50. The number of ether oxygens (including phenoxy) is 1. The first-order valence-electron chi connectivity index (χ1n) is 12.5. The van der Waals surface area contributed by atoms with E-state index in [9.17, 15) is 19.5 Å². The molecule has 1 unspecified atom stereocenters. The Morgan fingerprint density at radius 2 is 1.89 bits per heavy atom. The number of hydrogen-bond donors (Lipinski definition) is 1. The molecule has 0 aliphatic carbocycles. The highest BCUT2D eigenvalue weighted by Crippen LogP contribution is 2.60. The first-order valence-corrected chi connectivity index (χ1v) is 13.3. The molecule has 0 aromatic heterocycles. The molecule has 2 fully saturated rings. The van der Waals surface area contributed by atoms with E-state index in [1.54, 1.807) is 4.90 Å². The van der Waals surface area contributed by atoms with Gasteiger partial charge in [-0.3, -0.25) is 14.4 Å². The highest BCUT2D eigenvalue weighted by Gasteiger charge is 2.70. The van der Waals surface area contributed by atoms with Crippen molar-refractivity contribution in [2.24, 2.45) is 11.8 Å². The minimum atomic E-state index is -0.910. The van der Waals surface area contributed by atoms with Crippen LogP contribution in [0, 0.1) is 11.8 Å². The molecule has 186 valence electrons. The average molecular weight is 505 g/mol. The zero-order chi connectivity index (χ0) is 24.9. The third-order valence-electron chi connectivity index (χ3n) is 7.74. The van der Waals surface area contributed by atoms with Gasteiger partial charge in [0.2, 0.25) is 5.91 Å². The van der Waals surface area contributed by atoms with E-state index < -0.39 is 22.6 Å². The highest BCUT2D eigenvalue weighted by atomic mass is 32.2. The molecule has 2 aromatic carbocycles. The number of fused-ring (bicyclic) bond motifs is 3. The van der Waals surface area contributed by atoms with Gasteiger partial charge < -0.3 is 19.6 Å². The van der Waals surface area contributed by atoms with E-state index >= 15 is 0 Å². The molecule has 0 bridgehead atoms. The summed E-state index contributed by atoms with van der Waals surface area (Å²) in [6.45, 7) is 0.454. The molecule has 4 aliphatic rings. The van der Waals surface area contributed by atoms with Crippen LogP contribution >= 0.6 is 11.8 Å². The topological polar surface area (TPSA) is 87.2 Å². The summed E-state index contributed by atoms with van der Waals surface area (Å²) in [5.41, 5.74) is 0.755. The Labute approximate surface area is 213 Å². The van der Waals surface area contributed by atoms with Crippen molar-refractivity contribution in [2.75, 3.05) is 31.2 Å². The van der Waals surface area contributed by atoms with E-state index in [1.165, 1.54) is 16.7 Å². The number of hydrogen-bond acceptors (Lipinski definition) is 6. The fourth-order valence-electron chi connectivity index (χ4n) is 6.18. The number of benzene rings is 2. The lowest BCUT2D eigenvalue weighted by Gasteiger charge is -2.35. The van der Waals surface area contributed by atoms with Gasteiger partial charge in [-0.1, -0.05) is 54.6 Å². The van der Waals surface area contributed by atoms with E-state index in [4.69, 9.17) is 4.74 Å². The monoisotopic (exact) mass is 504 g/mol. The van der Waals surface area contributed by atoms with Gasteiger partial charge >= 0.3 is 5.97 Å². The van der Waals surface area contributed by atoms with Crippen molar-refractivity contribution >= 4 is 46.0 Å². The SMILES string of the molecule is O=C1OCCC/C=C\[C@@H]2S[C@]34C=CCN(c5ccc6ccccc6c5)C(=O)C3N(CCO)C(=O)[C@@H]4[C@H]12. The van der Waals surface area contributed by atoms with Crippen LogP contribution in [0.15, 0.2) is 66.8 Å². The summed E-state index contributed by atoms with van der Waals surface area (Å²) in [4.78, 5) is 44.5. The molecule has 4 heterocycles. The van der Waals surface area contributed by atoms with Crippen LogP contribution in [0.5, 0.6) is 0 Å². The number of allylic oxidation sites excluding steroid dienone is 1. The summed E-state index contributed by atoms with van der Waals surface area (Å²) in [5, 5.41) is 11.7. The molecule has 2 saturated heterocycles. The molecule has 2 amide bonds. The van der Waals surface area contributed by atoms with Crippen molar-refractivity contribution < 1.29 is 24.2 Å². The molecule has 36 heavy (non-hydrogen) atoms. The number of β-amino-alcohol motifs (C(OH)–C–C–N with tert-alkyl or cyclic N) is 1. The quantitative estimate of drug-likeness (QED) is 0.511. The van der Waals surface area contributed by atoms with E-state index in [0.717, 1.165) is 29.3 Å². The second-order valence-corrected chi connectivity index (χ2v) is 11.2. The number of esters is 1. The predicted molar refractivity (Wildman–Crippen MR) is 138 cm³/mol. The summed E-state index contributed by atoms with van der Waals surface area (Å²) in [6, 6.07) is 13.1. The van der Waals surface area contributed by atoms with Crippen molar-refractivity contribution in [3.63, 3.8) is 0 Å². The largest absolute Gasteiger partial charge is 0.465 e. The zero-order valence-corrected chi connectivity index (χ0v) is 20.6. The Balaban J connectivity index is 1.44. The van der Waals surface area contributed by atoms with E-state index in [1.807, 2.05) is 60.7 Å². The van der Waals surface area contributed by atoms with Gasteiger partial charge in [0, 0.05) is 24.0 Å². The highest BCUT2D eigenvalue weighted by molar-refractivity contribution is 8.02. The second-order valence-electron chi connectivity index (χ2n) is 9.72. The minimum absolute atomic E-state index is 0.0374. The Morgan fingerprint density at radius 1 is 1.06 bits per heavy atom. The zero-order valence-electron chi connectivity index (χ0n) is 19.8. The van der Waals surface area contributed by atoms with E-state index in [0.29, 0.717) is 13.2 Å². The summed E-state index contributed by atoms with van der Waals surface area (Å²) >= 11 is 1.52. The Hall–Kier alpha value is -3.10. The summed E-state index contributed by atoms with van der Waals surface area (Å²) in [6.07, 6.45) is 9.53. The molecule has 0 saturated carbocycles. The van der Waals surface area contributed by atoms with Gasteiger partial charge in [-0.25, -0.2) is 0 Å². The lowest BCUT2D eigenvalue weighted by atomic mass is 9.78.